The Kier molecular flexibility index (Phi) is 4.97. The van der Waals surface area contributed by atoms with Gasteiger partial charge in [0, 0.05) is 10.2 Å². The molecule has 3 nitrogen and oxygen atoms in total. The topological polar surface area (TPSA) is 38.3 Å². The van der Waals surface area contributed by atoms with Crippen LogP contribution in [0.1, 0.15) is 33.1 Å². The lowest BCUT2D eigenvalue weighted by molar-refractivity contribution is -0.149. The Morgan fingerprint density at radius 1 is 1.60 bits per heavy atom. The molecule has 0 aromatic heterocycles. The number of hydrogen-bond donors (Lipinski definition) is 1. The van der Waals surface area contributed by atoms with Crippen LogP contribution < -0.4 is 5.32 Å². The van der Waals surface area contributed by atoms with Crippen molar-refractivity contribution in [1.29, 1.82) is 0 Å². The standard InChI is InChI=1S/C15H19BrClNO2/c1-3-20-14(19)15(8-4-5-10(15)2)18-11-6-7-13(17)12(16)9-11/h6-7,9-10,18H,3-5,8H2,1-2H3. The number of halogens is 2. The molecule has 1 aromatic carbocycles. The minimum absolute atomic E-state index is 0.156. The molecular formula is C15H19BrClNO2. The van der Waals surface area contributed by atoms with Gasteiger partial charge < -0.3 is 10.1 Å². The fourth-order valence-corrected chi connectivity index (χ4v) is 3.31. The molecule has 1 aliphatic rings. The molecule has 2 unspecified atom stereocenters. The van der Waals surface area contributed by atoms with Gasteiger partial charge in [0.25, 0.3) is 0 Å². The number of esters is 1. The lowest BCUT2D eigenvalue weighted by Crippen LogP contribution is -2.49. The SMILES string of the molecule is CCOC(=O)C1(Nc2ccc(Cl)c(Br)c2)CCCC1C. The average Bonchev–Trinajstić information content (AvgIpc) is 2.77. The Labute approximate surface area is 133 Å². The van der Waals surface area contributed by atoms with Crippen LogP contribution in [0.2, 0.25) is 5.02 Å². The second-order valence-electron chi connectivity index (χ2n) is 5.24. The van der Waals surface area contributed by atoms with E-state index in [2.05, 4.69) is 28.2 Å². The molecule has 1 fully saturated rings. The third-order valence-electron chi connectivity index (χ3n) is 3.98. The zero-order valence-electron chi connectivity index (χ0n) is 11.7. The number of carbonyl (C=O) groups is 1. The Balaban J connectivity index is 2.28. The summed E-state index contributed by atoms with van der Waals surface area (Å²) >= 11 is 9.41. The quantitative estimate of drug-likeness (QED) is 0.795. The molecule has 0 saturated heterocycles. The molecule has 0 amide bonds. The highest BCUT2D eigenvalue weighted by Gasteiger charge is 2.48. The van der Waals surface area contributed by atoms with Crippen LogP contribution in [-0.2, 0) is 9.53 Å². The van der Waals surface area contributed by atoms with Gasteiger partial charge in [0.2, 0.25) is 0 Å². The van der Waals surface area contributed by atoms with Crippen LogP contribution in [0.5, 0.6) is 0 Å². The predicted octanol–water partition coefficient (Wildman–Crippen LogP) is 4.64. The van der Waals surface area contributed by atoms with Crippen molar-refractivity contribution >= 4 is 39.2 Å². The van der Waals surface area contributed by atoms with Gasteiger partial charge in [0.15, 0.2) is 0 Å². The third kappa shape index (κ3) is 2.96. The summed E-state index contributed by atoms with van der Waals surface area (Å²) < 4.78 is 6.10. The van der Waals surface area contributed by atoms with Crippen LogP contribution in [0.3, 0.4) is 0 Å². The second-order valence-corrected chi connectivity index (χ2v) is 6.50. The van der Waals surface area contributed by atoms with E-state index in [1.54, 1.807) is 0 Å². The van der Waals surface area contributed by atoms with E-state index < -0.39 is 5.54 Å². The zero-order chi connectivity index (χ0) is 14.8. The average molecular weight is 361 g/mol. The van der Waals surface area contributed by atoms with Gasteiger partial charge in [-0.25, -0.2) is 4.79 Å². The van der Waals surface area contributed by atoms with E-state index in [1.807, 2.05) is 25.1 Å². The van der Waals surface area contributed by atoms with Gasteiger partial charge in [0.05, 0.1) is 11.6 Å². The molecule has 5 heteroatoms. The summed E-state index contributed by atoms with van der Waals surface area (Å²) in [6.45, 7) is 4.34. The second kappa shape index (κ2) is 6.35. The van der Waals surface area contributed by atoms with Crippen LogP contribution in [0.25, 0.3) is 0 Å². The minimum Gasteiger partial charge on any atom is -0.464 e. The lowest BCUT2D eigenvalue weighted by atomic mass is 9.88. The maximum absolute atomic E-state index is 12.4. The summed E-state index contributed by atoms with van der Waals surface area (Å²) in [6.07, 6.45) is 2.86. The molecule has 2 atom stereocenters. The fraction of sp³-hybridized carbons (Fsp3) is 0.533. The van der Waals surface area contributed by atoms with Crippen molar-refractivity contribution in [2.24, 2.45) is 5.92 Å². The first-order chi connectivity index (χ1) is 9.49. The van der Waals surface area contributed by atoms with E-state index in [4.69, 9.17) is 16.3 Å². The summed E-state index contributed by atoms with van der Waals surface area (Å²) in [5, 5.41) is 4.05. The predicted molar refractivity (Wildman–Crippen MR) is 85.2 cm³/mol. The first kappa shape index (κ1) is 15.6. The maximum Gasteiger partial charge on any atom is 0.332 e. The molecule has 1 aromatic rings. The molecule has 0 heterocycles. The van der Waals surface area contributed by atoms with Gasteiger partial charge in [-0.2, -0.15) is 0 Å². The van der Waals surface area contributed by atoms with Gasteiger partial charge in [-0.05, 0) is 59.8 Å². The molecule has 20 heavy (non-hydrogen) atoms. The number of carbonyl (C=O) groups excluding carboxylic acids is 1. The van der Waals surface area contributed by atoms with Crippen LogP contribution >= 0.6 is 27.5 Å². The smallest absolute Gasteiger partial charge is 0.332 e. The van der Waals surface area contributed by atoms with Gasteiger partial charge in [-0.3, -0.25) is 0 Å². The van der Waals surface area contributed by atoms with Gasteiger partial charge >= 0.3 is 5.97 Å². The van der Waals surface area contributed by atoms with Crippen molar-refractivity contribution < 1.29 is 9.53 Å². The minimum atomic E-state index is -0.622. The molecule has 1 aliphatic carbocycles. The molecule has 0 spiro atoms. The summed E-state index contributed by atoms with van der Waals surface area (Å²) in [7, 11) is 0. The monoisotopic (exact) mass is 359 g/mol. The fourth-order valence-electron chi connectivity index (χ4n) is 2.81. The molecule has 110 valence electrons. The van der Waals surface area contributed by atoms with E-state index in [0.717, 1.165) is 29.4 Å². The Morgan fingerprint density at radius 2 is 2.35 bits per heavy atom. The third-order valence-corrected chi connectivity index (χ3v) is 5.19. The number of anilines is 1. The normalized spacial score (nSPS) is 25.5. The van der Waals surface area contributed by atoms with Gasteiger partial charge in [-0.15, -0.1) is 0 Å². The molecule has 1 saturated carbocycles. The largest absolute Gasteiger partial charge is 0.464 e. The van der Waals surface area contributed by atoms with Crippen molar-refractivity contribution in [2.75, 3.05) is 11.9 Å². The van der Waals surface area contributed by atoms with E-state index in [0.29, 0.717) is 11.6 Å². The number of ether oxygens (including phenoxy) is 1. The van der Waals surface area contributed by atoms with Crippen LogP contribution in [-0.4, -0.2) is 18.1 Å². The van der Waals surface area contributed by atoms with Crippen molar-refractivity contribution in [3.05, 3.63) is 27.7 Å². The zero-order valence-corrected chi connectivity index (χ0v) is 14.1. The molecule has 0 radical (unpaired) electrons. The van der Waals surface area contributed by atoms with E-state index in [9.17, 15) is 4.79 Å². The first-order valence-electron chi connectivity index (χ1n) is 6.90. The van der Waals surface area contributed by atoms with Crippen LogP contribution in [0.4, 0.5) is 5.69 Å². The highest BCUT2D eigenvalue weighted by atomic mass is 79.9. The number of rotatable bonds is 4. The molecule has 0 bridgehead atoms. The van der Waals surface area contributed by atoms with E-state index in [1.165, 1.54) is 0 Å². The molecular weight excluding hydrogens is 342 g/mol. The molecule has 1 N–H and O–H groups in total. The van der Waals surface area contributed by atoms with Crippen molar-refractivity contribution in [1.82, 2.24) is 0 Å². The summed E-state index contributed by atoms with van der Waals surface area (Å²) in [4.78, 5) is 12.4. The highest BCUT2D eigenvalue weighted by molar-refractivity contribution is 9.10. The highest BCUT2D eigenvalue weighted by Crippen LogP contribution is 2.40. The Hall–Kier alpha value is -0.740. The Morgan fingerprint density at radius 3 is 2.90 bits per heavy atom. The summed E-state index contributed by atoms with van der Waals surface area (Å²) in [6, 6.07) is 5.60. The maximum atomic E-state index is 12.4. The van der Waals surface area contributed by atoms with Crippen molar-refractivity contribution in [3.8, 4) is 0 Å². The van der Waals surface area contributed by atoms with Crippen LogP contribution in [0.15, 0.2) is 22.7 Å². The van der Waals surface area contributed by atoms with E-state index in [-0.39, 0.29) is 11.9 Å². The molecule has 0 aliphatic heterocycles. The van der Waals surface area contributed by atoms with Crippen molar-refractivity contribution in [3.63, 3.8) is 0 Å². The molecule has 2 rings (SSSR count). The summed E-state index contributed by atoms with van der Waals surface area (Å²) in [5.41, 5.74) is 0.256. The van der Waals surface area contributed by atoms with Crippen LogP contribution in [0, 0.1) is 5.92 Å². The van der Waals surface area contributed by atoms with Gasteiger partial charge in [0.1, 0.15) is 5.54 Å². The van der Waals surface area contributed by atoms with Crippen molar-refractivity contribution in [2.45, 2.75) is 38.6 Å². The Bertz CT molecular complexity index is 509. The first-order valence-corrected chi connectivity index (χ1v) is 8.07. The number of hydrogen-bond acceptors (Lipinski definition) is 3. The summed E-state index contributed by atoms with van der Waals surface area (Å²) in [5.74, 6) is 0.0899. The van der Waals surface area contributed by atoms with Gasteiger partial charge in [-0.1, -0.05) is 24.9 Å². The number of nitrogens with one attached hydrogen (secondary N) is 1. The lowest BCUT2D eigenvalue weighted by Gasteiger charge is -2.33. The number of benzene rings is 1. The van der Waals surface area contributed by atoms with E-state index >= 15 is 0 Å².